The molecule has 35 heavy (non-hydrogen) atoms. The van der Waals surface area contributed by atoms with Crippen LogP contribution < -0.4 is 0 Å². The summed E-state index contributed by atoms with van der Waals surface area (Å²) < 4.78 is 41.8. The molecule has 0 N–H and O–H groups in total. The molecule has 0 bridgehead atoms. The molecule has 11 heteroatoms. The summed E-state index contributed by atoms with van der Waals surface area (Å²) in [5, 5.41) is 14.2. The molecule has 0 amide bonds. The molecule has 1 fully saturated rings. The van der Waals surface area contributed by atoms with Crippen LogP contribution in [0.2, 0.25) is 5.02 Å². The number of hydrogen-bond donors (Lipinski definition) is 0. The van der Waals surface area contributed by atoms with Crippen molar-refractivity contribution in [2.24, 2.45) is 0 Å². The topological polar surface area (TPSA) is 63.0 Å². The average molecular weight is 502 g/mol. The van der Waals surface area contributed by atoms with Crippen LogP contribution >= 0.6 is 11.6 Å². The minimum absolute atomic E-state index is 0.268. The molecule has 7 nitrogen and oxygen atoms in total. The number of alkyl halides is 3. The highest BCUT2D eigenvalue weighted by Crippen LogP contribution is 2.38. The number of halogens is 4. The fourth-order valence-electron chi connectivity index (χ4n) is 4.20. The van der Waals surface area contributed by atoms with Crippen LogP contribution in [0.25, 0.3) is 33.5 Å². The van der Waals surface area contributed by atoms with Gasteiger partial charge in [-0.25, -0.2) is 4.68 Å². The first kappa shape index (κ1) is 23.7. The van der Waals surface area contributed by atoms with Crippen LogP contribution in [-0.2, 0) is 12.7 Å². The molecule has 4 heterocycles. The van der Waals surface area contributed by atoms with Crippen LogP contribution in [-0.4, -0.2) is 74.5 Å². The van der Waals surface area contributed by atoms with Crippen LogP contribution in [0.1, 0.15) is 5.69 Å². The summed E-state index contributed by atoms with van der Waals surface area (Å²) in [6.45, 7) is 5.07. The maximum absolute atomic E-state index is 13.4. The minimum atomic E-state index is -4.57. The quantitative estimate of drug-likeness (QED) is 0.402. The van der Waals surface area contributed by atoms with Gasteiger partial charge in [0.2, 0.25) is 0 Å². The van der Waals surface area contributed by atoms with E-state index >= 15 is 0 Å². The molecule has 0 radical (unpaired) electrons. The number of rotatable bonds is 5. The summed E-state index contributed by atoms with van der Waals surface area (Å²) in [4.78, 5) is 8.08. The number of piperazine rings is 1. The molecule has 0 saturated carbocycles. The molecule has 3 aromatic heterocycles. The standard InChI is InChI=1S/C24H23ClF3N7/c1-33-9-11-34(12-10-33)13-14-35-23-19(20(25)22(30-31-23)16-5-3-2-4-6-16)21(32-35)17-7-8-29-18(15-17)24(26,27)28/h2-8,15H,9-14H2,1H3. The number of aromatic nitrogens is 5. The summed E-state index contributed by atoms with van der Waals surface area (Å²) in [5.74, 6) is 0. The monoisotopic (exact) mass is 501 g/mol. The van der Waals surface area contributed by atoms with E-state index < -0.39 is 11.9 Å². The van der Waals surface area contributed by atoms with Gasteiger partial charge in [0.25, 0.3) is 0 Å². The van der Waals surface area contributed by atoms with Gasteiger partial charge in [0.05, 0.1) is 17.0 Å². The lowest BCUT2D eigenvalue weighted by Crippen LogP contribution is -2.45. The van der Waals surface area contributed by atoms with E-state index in [-0.39, 0.29) is 5.56 Å². The zero-order valence-corrected chi connectivity index (χ0v) is 19.8. The molecule has 5 rings (SSSR count). The van der Waals surface area contributed by atoms with Gasteiger partial charge in [-0.2, -0.15) is 18.3 Å². The van der Waals surface area contributed by atoms with Gasteiger partial charge in [0.1, 0.15) is 17.1 Å². The Morgan fingerprint density at radius 3 is 2.37 bits per heavy atom. The third-order valence-corrected chi connectivity index (χ3v) is 6.56. The number of fused-ring (bicyclic) bond motifs is 1. The van der Waals surface area contributed by atoms with E-state index in [1.54, 1.807) is 4.68 Å². The van der Waals surface area contributed by atoms with Crippen LogP contribution in [0.5, 0.6) is 0 Å². The molecule has 182 valence electrons. The van der Waals surface area contributed by atoms with Gasteiger partial charge < -0.3 is 4.90 Å². The molecule has 0 unspecified atom stereocenters. The predicted molar refractivity (Wildman–Crippen MR) is 128 cm³/mol. The van der Waals surface area contributed by atoms with Crippen molar-refractivity contribution in [1.82, 2.24) is 34.8 Å². The van der Waals surface area contributed by atoms with E-state index in [2.05, 4.69) is 37.1 Å². The molecule has 4 aromatic rings. The van der Waals surface area contributed by atoms with Gasteiger partial charge in [0, 0.05) is 50.0 Å². The van der Waals surface area contributed by atoms with E-state index in [0.717, 1.165) is 50.6 Å². The van der Waals surface area contributed by atoms with Gasteiger partial charge in [0.15, 0.2) is 5.65 Å². The molecule has 1 aromatic carbocycles. The smallest absolute Gasteiger partial charge is 0.304 e. The Hall–Kier alpha value is -3.08. The summed E-state index contributed by atoms with van der Waals surface area (Å²) >= 11 is 6.83. The van der Waals surface area contributed by atoms with Crippen molar-refractivity contribution in [1.29, 1.82) is 0 Å². The van der Waals surface area contributed by atoms with Gasteiger partial charge >= 0.3 is 6.18 Å². The van der Waals surface area contributed by atoms with Crippen molar-refractivity contribution in [3.05, 3.63) is 59.4 Å². The Morgan fingerprint density at radius 2 is 1.66 bits per heavy atom. The first-order chi connectivity index (χ1) is 16.8. The van der Waals surface area contributed by atoms with Gasteiger partial charge in [-0.3, -0.25) is 9.88 Å². The Labute approximate surface area is 205 Å². The fraction of sp³-hybridized carbons (Fsp3) is 0.333. The second kappa shape index (κ2) is 9.52. The van der Waals surface area contributed by atoms with Gasteiger partial charge in [-0.15, -0.1) is 10.2 Å². The van der Waals surface area contributed by atoms with Crippen molar-refractivity contribution in [2.45, 2.75) is 12.7 Å². The van der Waals surface area contributed by atoms with Crippen molar-refractivity contribution < 1.29 is 13.2 Å². The first-order valence-electron chi connectivity index (χ1n) is 11.2. The maximum atomic E-state index is 13.4. The minimum Gasteiger partial charge on any atom is -0.304 e. The lowest BCUT2D eigenvalue weighted by Gasteiger charge is -2.32. The van der Waals surface area contributed by atoms with Crippen LogP contribution in [0.4, 0.5) is 13.2 Å². The van der Waals surface area contributed by atoms with Crippen molar-refractivity contribution in [3.8, 4) is 22.5 Å². The third kappa shape index (κ3) is 4.86. The number of pyridine rings is 1. The van der Waals surface area contributed by atoms with E-state index in [9.17, 15) is 13.2 Å². The summed E-state index contributed by atoms with van der Waals surface area (Å²) in [7, 11) is 2.09. The van der Waals surface area contributed by atoms with Crippen molar-refractivity contribution in [2.75, 3.05) is 39.8 Å². The maximum Gasteiger partial charge on any atom is 0.433 e. The molecule has 1 aliphatic heterocycles. The van der Waals surface area contributed by atoms with Gasteiger partial charge in [-0.05, 0) is 19.2 Å². The molecule has 0 aliphatic carbocycles. The van der Waals surface area contributed by atoms with Crippen LogP contribution in [0, 0.1) is 0 Å². The zero-order valence-electron chi connectivity index (χ0n) is 19.0. The molecular formula is C24H23ClF3N7. The Balaban J connectivity index is 1.60. The number of nitrogens with zero attached hydrogens (tertiary/aromatic N) is 7. The van der Waals surface area contributed by atoms with Gasteiger partial charge in [-0.1, -0.05) is 41.9 Å². The second-order valence-corrected chi connectivity index (χ2v) is 8.95. The Morgan fingerprint density at radius 1 is 0.914 bits per heavy atom. The number of hydrogen-bond acceptors (Lipinski definition) is 6. The highest BCUT2D eigenvalue weighted by Gasteiger charge is 2.33. The highest BCUT2D eigenvalue weighted by molar-refractivity contribution is 6.38. The summed E-state index contributed by atoms with van der Waals surface area (Å²) in [6, 6.07) is 11.8. The average Bonchev–Trinajstić information content (AvgIpc) is 3.24. The number of likely N-dealkylation sites (N-methyl/N-ethyl adjacent to an activating group) is 1. The van der Waals surface area contributed by atoms with E-state index in [1.165, 1.54) is 6.07 Å². The van der Waals surface area contributed by atoms with E-state index in [1.807, 2.05) is 30.3 Å². The summed E-state index contributed by atoms with van der Waals surface area (Å²) in [6.07, 6.45) is -3.44. The molecule has 1 aliphatic rings. The lowest BCUT2D eigenvalue weighted by molar-refractivity contribution is -0.141. The lowest BCUT2D eigenvalue weighted by atomic mass is 10.1. The van der Waals surface area contributed by atoms with E-state index in [0.29, 0.717) is 34.0 Å². The van der Waals surface area contributed by atoms with Crippen LogP contribution in [0.15, 0.2) is 48.7 Å². The second-order valence-electron chi connectivity index (χ2n) is 8.57. The van der Waals surface area contributed by atoms with Crippen molar-refractivity contribution in [3.63, 3.8) is 0 Å². The predicted octanol–water partition coefficient (Wildman–Crippen LogP) is 4.47. The zero-order chi connectivity index (χ0) is 24.6. The number of benzene rings is 1. The molecule has 1 saturated heterocycles. The first-order valence-corrected chi connectivity index (χ1v) is 11.6. The normalized spacial score (nSPS) is 15.7. The molecule has 0 spiro atoms. The van der Waals surface area contributed by atoms with Crippen molar-refractivity contribution >= 4 is 22.6 Å². The highest BCUT2D eigenvalue weighted by atomic mass is 35.5. The summed E-state index contributed by atoms with van der Waals surface area (Å²) in [5.41, 5.74) is 1.24. The molecule has 0 atom stereocenters. The Kier molecular flexibility index (Phi) is 6.43. The molecular weight excluding hydrogens is 479 g/mol. The Bertz CT molecular complexity index is 1330. The van der Waals surface area contributed by atoms with E-state index in [4.69, 9.17) is 11.6 Å². The fourth-order valence-corrected chi connectivity index (χ4v) is 4.52. The van der Waals surface area contributed by atoms with Crippen LogP contribution in [0.3, 0.4) is 0 Å². The SMILES string of the molecule is CN1CCN(CCn2nc(-c3ccnc(C(F)(F)F)c3)c3c(Cl)c(-c4ccccc4)nnc32)CC1. The largest absolute Gasteiger partial charge is 0.433 e. The third-order valence-electron chi connectivity index (χ3n) is 6.19.